The number of anilines is 1. The summed E-state index contributed by atoms with van der Waals surface area (Å²) in [5, 5.41) is 14.6. The normalized spacial score (nSPS) is 10.1. The van der Waals surface area contributed by atoms with Crippen molar-refractivity contribution >= 4 is 11.7 Å². The van der Waals surface area contributed by atoms with Gasteiger partial charge in [-0.3, -0.25) is 0 Å². The van der Waals surface area contributed by atoms with Gasteiger partial charge in [0.25, 0.3) is 0 Å². The molecule has 0 atom stereocenters. The van der Waals surface area contributed by atoms with Crippen molar-refractivity contribution in [2.24, 2.45) is 0 Å². The van der Waals surface area contributed by atoms with Crippen molar-refractivity contribution in [3.05, 3.63) is 53.6 Å². The van der Waals surface area contributed by atoms with Gasteiger partial charge in [-0.2, -0.15) is 5.26 Å². The second kappa shape index (κ2) is 9.33. The van der Waals surface area contributed by atoms with Gasteiger partial charge >= 0.3 is 6.03 Å². The minimum Gasteiger partial charge on any atom is -0.497 e. The van der Waals surface area contributed by atoms with E-state index >= 15 is 0 Å². The Balaban J connectivity index is 1.92. The number of nitriles is 1. The maximum Gasteiger partial charge on any atom is 0.319 e. The van der Waals surface area contributed by atoms with E-state index in [1.807, 2.05) is 38.1 Å². The van der Waals surface area contributed by atoms with Crippen LogP contribution in [0.5, 0.6) is 11.5 Å². The zero-order valence-electron chi connectivity index (χ0n) is 15.2. The fraction of sp³-hybridized carbons (Fsp3) is 0.300. The molecule has 26 heavy (non-hydrogen) atoms. The Labute approximate surface area is 153 Å². The van der Waals surface area contributed by atoms with E-state index in [4.69, 9.17) is 14.7 Å². The summed E-state index contributed by atoms with van der Waals surface area (Å²) in [4.78, 5) is 12.2. The fourth-order valence-corrected chi connectivity index (χ4v) is 2.33. The van der Waals surface area contributed by atoms with Crippen LogP contribution < -0.4 is 20.1 Å². The topological polar surface area (TPSA) is 83.4 Å². The van der Waals surface area contributed by atoms with Gasteiger partial charge in [-0.1, -0.05) is 12.1 Å². The van der Waals surface area contributed by atoms with E-state index in [1.54, 1.807) is 25.3 Å². The first-order valence-corrected chi connectivity index (χ1v) is 8.40. The number of nitrogens with one attached hydrogen (secondary N) is 2. The van der Waals surface area contributed by atoms with E-state index in [-0.39, 0.29) is 12.1 Å². The van der Waals surface area contributed by atoms with Crippen molar-refractivity contribution in [2.45, 2.75) is 26.4 Å². The Hall–Kier alpha value is -3.20. The number of rotatable bonds is 7. The van der Waals surface area contributed by atoms with E-state index in [9.17, 15) is 4.79 Å². The van der Waals surface area contributed by atoms with Crippen LogP contribution in [0.2, 0.25) is 0 Å². The number of nitrogens with zero attached hydrogens (tertiary/aromatic N) is 1. The summed E-state index contributed by atoms with van der Waals surface area (Å²) in [6, 6.07) is 14.4. The molecule has 0 spiro atoms. The lowest BCUT2D eigenvalue weighted by Crippen LogP contribution is -2.30. The standard InChI is InChI=1S/C20H23N3O3/c1-14(2)26-19-9-6-16(13-21)12-18(19)23-20(24)22-11-10-15-4-7-17(25-3)8-5-15/h4-9,12,14H,10-11H2,1-3H3,(H2,22,23,24). The summed E-state index contributed by atoms with van der Waals surface area (Å²) < 4.78 is 10.8. The Morgan fingerprint density at radius 2 is 1.92 bits per heavy atom. The molecule has 2 N–H and O–H groups in total. The molecule has 0 aliphatic heterocycles. The summed E-state index contributed by atoms with van der Waals surface area (Å²) in [6.07, 6.45) is 0.659. The SMILES string of the molecule is COc1ccc(CCNC(=O)Nc2cc(C#N)ccc2OC(C)C)cc1. The van der Waals surface area contributed by atoms with Crippen LogP contribution in [0.1, 0.15) is 25.0 Å². The predicted octanol–water partition coefficient (Wildman–Crippen LogP) is 3.72. The highest BCUT2D eigenvalue weighted by Gasteiger charge is 2.10. The second-order valence-electron chi connectivity index (χ2n) is 5.97. The lowest BCUT2D eigenvalue weighted by atomic mass is 10.1. The molecule has 0 aliphatic rings. The first kappa shape index (κ1) is 19.1. The van der Waals surface area contributed by atoms with Crippen molar-refractivity contribution in [1.29, 1.82) is 5.26 Å². The highest BCUT2D eigenvalue weighted by molar-refractivity contribution is 5.91. The fourth-order valence-electron chi connectivity index (χ4n) is 2.33. The minimum atomic E-state index is -0.345. The van der Waals surface area contributed by atoms with Crippen molar-refractivity contribution in [2.75, 3.05) is 19.0 Å². The molecule has 2 aromatic carbocycles. The third-order valence-electron chi connectivity index (χ3n) is 3.58. The highest BCUT2D eigenvalue weighted by Crippen LogP contribution is 2.26. The van der Waals surface area contributed by atoms with Crippen LogP contribution in [0, 0.1) is 11.3 Å². The van der Waals surface area contributed by atoms with Crippen LogP contribution in [-0.2, 0) is 6.42 Å². The summed E-state index contributed by atoms with van der Waals surface area (Å²) >= 11 is 0. The van der Waals surface area contributed by atoms with Gasteiger partial charge in [0.1, 0.15) is 11.5 Å². The molecule has 0 radical (unpaired) electrons. The molecule has 0 saturated carbocycles. The zero-order chi connectivity index (χ0) is 18.9. The van der Waals surface area contributed by atoms with Crippen LogP contribution in [-0.4, -0.2) is 25.8 Å². The van der Waals surface area contributed by atoms with Gasteiger partial charge in [0, 0.05) is 6.54 Å². The zero-order valence-corrected chi connectivity index (χ0v) is 15.2. The maximum atomic E-state index is 12.2. The van der Waals surface area contributed by atoms with Gasteiger partial charge in [-0.25, -0.2) is 4.79 Å². The molecule has 0 aromatic heterocycles. The Kier molecular flexibility index (Phi) is 6.86. The number of carbonyl (C=O) groups is 1. The smallest absolute Gasteiger partial charge is 0.319 e. The van der Waals surface area contributed by atoms with E-state index < -0.39 is 0 Å². The third-order valence-corrected chi connectivity index (χ3v) is 3.58. The summed E-state index contributed by atoms with van der Waals surface area (Å²) in [5.41, 5.74) is 2.02. The number of carbonyl (C=O) groups excluding carboxylic acids is 1. The number of hydrogen-bond donors (Lipinski definition) is 2. The van der Waals surface area contributed by atoms with Gasteiger partial charge in [0.05, 0.1) is 30.5 Å². The molecule has 2 aromatic rings. The molecule has 0 fully saturated rings. The van der Waals surface area contributed by atoms with Crippen molar-refractivity contribution in [3.63, 3.8) is 0 Å². The van der Waals surface area contributed by atoms with Gasteiger partial charge in [0.15, 0.2) is 0 Å². The quantitative estimate of drug-likeness (QED) is 0.795. The van der Waals surface area contributed by atoms with Crippen molar-refractivity contribution < 1.29 is 14.3 Å². The van der Waals surface area contributed by atoms with E-state index in [2.05, 4.69) is 16.7 Å². The van der Waals surface area contributed by atoms with Crippen LogP contribution >= 0.6 is 0 Å². The molecule has 0 aliphatic carbocycles. The summed E-state index contributed by atoms with van der Waals surface area (Å²) in [6.45, 7) is 4.28. The van der Waals surface area contributed by atoms with Crippen LogP contribution in [0.25, 0.3) is 0 Å². The summed E-state index contributed by atoms with van der Waals surface area (Å²) in [5.74, 6) is 1.33. The van der Waals surface area contributed by atoms with E-state index in [0.717, 1.165) is 11.3 Å². The lowest BCUT2D eigenvalue weighted by Gasteiger charge is -2.15. The molecule has 2 rings (SSSR count). The maximum absolute atomic E-state index is 12.2. The number of methoxy groups -OCH3 is 1. The first-order chi connectivity index (χ1) is 12.5. The monoisotopic (exact) mass is 353 g/mol. The number of hydrogen-bond acceptors (Lipinski definition) is 4. The van der Waals surface area contributed by atoms with Crippen LogP contribution in [0.15, 0.2) is 42.5 Å². The number of benzene rings is 2. The molecule has 2 amide bonds. The van der Waals surface area contributed by atoms with Crippen LogP contribution in [0.3, 0.4) is 0 Å². The average molecular weight is 353 g/mol. The number of ether oxygens (including phenoxy) is 2. The summed E-state index contributed by atoms with van der Waals surface area (Å²) in [7, 11) is 1.62. The Morgan fingerprint density at radius 1 is 1.19 bits per heavy atom. The molecule has 6 heteroatoms. The van der Waals surface area contributed by atoms with Gasteiger partial charge in [-0.15, -0.1) is 0 Å². The number of urea groups is 1. The van der Waals surface area contributed by atoms with Crippen molar-refractivity contribution in [1.82, 2.24) is 5.32 Å². The van der Waals surface area contributed by atoms with Crippen molar-refractivity contribution in [3.8, 4) is 17.6 Å². The molecule has 0 saturated heterocycles. The van der Waals surface area contributed by atoms with E-state index in [1.165, 1.54) is 0 Å². The Morgan fingerprint density at radius 3 is 2.54 bits per heavy atom. The predicted molar refractivity (Wildman–Crippen MR) is 101 cm³/mol. The van der Waals surface area contributed by atoms with Crippen LogP contribution in [0.4, 0.5) is 10.5 Å². The second-order valence-corrected chi connectivity index (χ2v) is 5.97. The molecule has 0 heterocycles. The largest absolute Gasteiger partial charge is 0.497 e. The molecule has 0 unspecified atom stereocenters. The molecule has 0 bridgehead atoms. The molecule has 136 valence electrons. The molecular weight excluding hydrogens is 330 g/mol. The highest BCUT2D eigenvalue weighted by atomic mass is 16.5. The first-order valence-electron chi connectivity index (χ1n) is 8.40. The van der Waals surface area contributed by atoms with Gasteiger partial charge < -0.3 is 20.1 Å². The average Bonchev–Trinajstić information content (AvgIpc) is 2.63. The Bertz CT molecular complexity index is 780. The van der Waals surface area contributed by atoms with Gasteiger partial charge in [-0.05, 0) is 56.2 Å². The minimum absolute atomic E-state index is 0.0402. The number of amides is 2. The molecule has 6 nitrogen and oxygen atoms in total. The molecular formula is C20H23N3O3. The van der Waals surface area contributed by atoms with E-state index in [0.29, 0.717) is 30.0 Å². The lowest BCUT2D eigenvalue weighted by molar-refractivity contribution is 0.241. The van der Waals surface area contributed by atoms with Gasteiger partial charge in [0.2, 0.25) is 0 Å². The third kappa shape index (κ3) is 5.71.